The van der Waals surface area contributed by atoms with Crippen LogP contribution in [-0.4, -0.2) is 43.4 Å². The molecule has 0 radical (unpaired) electrons. The first-order chi connectivity index (χ1) is 12.1. The predicted octanol–water partition coefficient (Wildman–Crippen LogP) is 2.01. The Balaban J connectivity index is 1.83. The number of hydrogen-bond acceptors (Lipinski definition) is 6. The highest BCUT2D eigenvalue weighted by Crippen LogP contribution is 2.25. The van der Waals surface area contributed by atoms with Crippen LogP contribution in [-0.2, 0) is 19.1 Å². The predicted molar refractivity (Wildman–Crippen MR) is 96.5 cm³/mol. The number of benzene rings is 1. The Kier molecular flexibility index (Phi) is 7.62. The number of hydrogen-bond donors (Lipinski definition) is 2. The smallest absolute Gasteiger partial charge is 0.306 e. The van der Waals surface area contributed by atoms with E-state index in [1.807, 2.05) is 18.2 Å². The van der Waals surface area contributed by atoms with Crippen LogP contribution in [0, 0.1) is 0 Å². The molecular formula is C17H22N2O5S. The second-order valence-electron chi connectivity index (χ2n) is 5.52. The molecular weight excluding hydrogens is 344 g/mol. The van der Waals surface area contributed by atoms with E-state index in [0.717, 1.165) is 19.4 Å². The first kappa shape index (κ1) is 19.1. The van der Waals surface area contributed by atoms with Crippen molar-refractivity contribution >= 4 is 34.9 Å². The van der Waals surface area contributed by atoms with Gasteiger partial charge < -0.3 is 24.8 Å². The third-order valence-corrected chi connectivity index (χ3v) is 3.82. The zero-order valence-corrected chi connectivity index (χ0v) is 14.9. The number of carbonyl (C=O) groups excluding carboxylic acids is 2. The van der Waals surface area contributed by atoms with E-state index in [1.165, 1.54) is 7.11 Å². The zero-order valence-electron chi connectivity index (χ0n) is 14.1. The normalized spacial score (nSPS) is 16.1. The van der Waals surface area contributed by atoms with Crippen LogP contribution in [0.3, 0.4) is 0 Å². The quantitative estimate of drug-likeness (QED) is 0.564. The van der Waals surface area contributed by atoms with Gasteiger partial charge >= 0.3 is 5.97 Å². The van der Waals surface area contributed by atoms with Crippen LogP contribution in [0.25, 0.3) is 0 Å². The number of ether oxygens (including phenoxy) is 3. The van der Waals surface area contributed by atoms with E-state index in [0.29, 0.717) is 18.0 Å². The summed E-state index contributed by atoms with van der Waals surface area (Å²) < 4.78 is 15.8. The van der Waals surface area contributed by atoms with E-state index in [9.17, 15) is 9.59 Å². The van der Waals surface area contributed by atoms with Crippen molar-refractivity contribution in [3.63, 3.8) is 0 Å². The fourth-order valence-corrected chi connectivity index (χ4v) is 2.54. The summed E-state index contributed by atoms with van der Waals surface area (Å²) >= 11 is 5.13. The molecule has 1 heterocycles. The molecule has 1 aliphatic heterocycles. The van der Waals surface area contributed by atoms with E-state index < -0.39 is 5.97 Å². The van der Waals surface area contributed by atoms with Gasteiger partial charge in [0.1, 0.15) is 12.4 Å². The molecule has 8 heteroatoms. The number of amides is 1. The first-order valence-corrected chi connectivity index (χ1v) is 8.50. The number of para-hydroxylation sites is 2. The molecule has 1 fully saturated rings. The highest BCUT2D eigenvalue weighted by Gasteiger charge is 2.17. The van der Waals surface area contributed by atoms with Crippen LogP contribution in [0.15, 0.2) is 24.3 Å². The van der Waals surface area contributed by atoms with Crippen LogP contribution in [0.5, 0.6) is 5.75 Å². The molecule has 0 aromatic heterocycles. The Morgan fingerprint density at radius 3 is 2.84 bits per heavy atom. The van der Waals surface area contributed by atoms with Crippen LogP contribution < -0.4 is 15.4 Å². The Morgan fingerprint density at radius 2 is 2.12 bits per heavy atom. The van der Waals surface area contributed by atoms with Gasteiger partial charge in [-0.1, -0.05) is 12.1 Å². The lowest BCUT2D eigenvalue weighted by Gasteiger charge is -2.16. The first-order valence-electron chi connectivity index (χ1n) is 8.09. The summed E-state index contributed by atoms with van der Waals surface area (Å²) in [7, 11) is 1.28. The molecule has 2 rings (SSSR count). The van der Waals surface area contributed by atoms with Gasteiger partial charge in [-0.05, 0) is 37.2 Å². The van der Waals surface area contributed by atoms with Gasteiger partial charge in [0.05, 0.1) is 25.3 Å². The third kappa shape index (κ3) is 6.67. The zero-order chi connectivity index (χ0) is 18.1. The van der Waals surface area contributed by atoms with Crippen molar-refractivity contribution in [3.8, 4) is 5.75 Å². The molecule has 0 spiro atoms. The summed E-state index contributed by atoms with van der Waals surface area (Å²) in [6.45, 7) is 1.24. The maximum absolute atomic E-state index is 11.8. The summed E-state index contributed by atoms with van der Waals surface area (Å²) in [5.74, 6) is -0.174. The third-order valence-electron chi connectivity index (χ3n) is 3.62. The van der Waals surface area contributed by atoms with Crippen molar-refractivity contribution < 1.29 is 23.8 Å². The van der Waals surface area contributed by atoms with Gasteiger partial charge in [0.15, 0.2) is 5.11 Å². The van der Waals surface area contributed by atoms with Crippen molar-refractivity contribution in [1.82, 2.24) is 5.32 Å². The molecule has 0 aliphatic carbocycles. The molecule has 136 valence electrons. The van der Waals surface area contributed by atoms with Crippen molar-refractivity contribution in [3.05, 3.63) is 24.3 Å². The summed E-state index contributed by atoms with van der Waals surface area (Å²) in [5, 5.41) is 5.60. The molecule has 1 aromatic rings. The van der Waals surface area contributed by atoms with E-state index in [2.05, 4.69) is 15.4 Å². The molecule has 0 saturated carbocycles. The molecule has 1 aromatic carbocycles. The minimum Gasteiger partial charge on any atom is -0.489 e. The number of esters is 1. The molecule has 2 N–H and O–H groups in total. The Morgan fingerprint density at radius 1 is 1.32 bits per heavy atom. The average Bonchev–Trinajstić information content (AvgIpc) is 3.12. The minimum atomic E-state index is -0.443. The Hall–Kier alpha value is -2.19. The summed E-state index contributed by atoms with van der Waals surface area (Å²) in [6.07, 6.45) is 2.16. The van der Waals surface area contributed by atoms with Gasteiger partial charge in [-0.15, -0.1) is 0 Å². The van der Waals surface area contributed by atoms with Crippen molar-refractivity contribution in [2.24, 2.45) is 0 Å². The van der Waals surface area contributed by atoms with Crippen molar-refractivity contribution in [2.45, 2.75) is 31.8 Å². The average molecular weight is 366 g/mol. The summed E-state index contributed by atoms with van der Waals surface area (Å²) in [5.41, 5.74) is 0.652. The number of anilines is 1. The summed E-state index contributed by atoms with van der Waals surface area (Å²) in [6, 6.07) is 7.31. The number of rotatable bonds is 7. The fourth-order valence-electron chi connectivity index (χ4n) is 2.31. The number of thiocarbonyl (C=S) groups is 1. The molecule has 7 nitrogen and oxygen atoms in total. The van der Waals surface area contributed by atoms with E-state index in [1.54, 1.807) is 6.07 Å². The van der Waals surface area contributed by atoms with Crippen LogP contribution in [0.1, 0.15) is 25.7 Å². The number of nitrogens with one attached hydrogen (secondary N) is 2. The molecule has 25 heavy (non-hydrogen) atoms. The van der Waals surface area contributed by atoms with Crippen LogP contribution in [0.4, 0.5) is 5.69 Å². The van der Waals surface area contributed by atoms with Crippen molar-refractivity contribution in [2.75, 3.05) is 25.6 Å². The second kappa shape index (κ2) is 9.95. The van der Waals surface area contributed by atoms with Crippen LogP contribution >= 0.6 is 12.2 Å². The van der Waals surface area contributed by atoms with E-state index in [-0.39, 0.29) is 30.0 Å². The summed E-state index contributed by atoms with van der Waals surface area (Å²) in [4.78, 5) is 22.8. The fraction of sp³-hybridized carbons (Fsp3) is 0.471. The number of methoxy groups -OCH3 is 1. The minimum absolute atomic E-state index is 0.00561. The largest absolute Gasteiger partial charge is 0.489 e. The van der Waals surface area contributed by atoms with Gasteiger partial charge in [-0.3, -0.25) is 9.59 Å². The maximum Gasteiger partial charge on any atom is 0.306 e. The molecule has 1 amide bonds. The maximum atomic E-state index is 11.8. The van der Waals surface area contributed by atoms with Gasteiger partial charge in [-0.25, -0.2) is 0 Å². The number of carbonyl (C=O) groups is 2. The molecule has 1 aliphatic rings. The highest BCUT2D eigenvalue weighted by atomic mass is 32.1. The Bertz CT molecular complexity index is 617. The molecule has 1 atom stereocenters. The van der Waals surface area contributed by atoms with Crippen LogP contribution in [0.2, 0.25) is 0 Å². The topological polar surface area (TPSA) is 85.9 Å². The van der Waals surface area contributed by atoms with E-state index >= 15 is 0 Å². The highest BCUT2D eigenvalue weighted by molar-refractivity contribution is 7.80. The monoisotopic (exact) mass is 366 g/mol. The van der Waals surface area contributed by atoms with Gasteiger partial charge in [0.2, 0.25) is 5.91 Å². The van der Waals surface area contributed by atoms with Gasteiger partial charge in [0.25, 0.3) is 0 Å². The lowest BCUT2D eigenvalue weighted by molar-refractivity contribution is -0.142. The second-order valence-corrected chi connectivity index (χ2v) is 5.93. The van der Waals surface area contributed by atoms with Gasteiger partial charge in [0, 0.05) is 13.0 Å². The van der Waals surface area contributed by atoms with Gasteiger partial charge in [-0.2, -0.15) is 0 Å². The van der Waals surface area contributed by atoms with Crippen molar-refractivity contribution in [1.29, 1.82) is 0 Å². The molecule has 1 saturated heterocycles. The van der Waals surface area contributed by atoms with E-state index in [4.69, 9.17) is 21.7 Å². The lowest BCUT2D eigenvalue weighted by atomic mass is 10.2. The Labute approximate surface area is 152 Å². The SMILES string of the molecule is COC(=O)CCC(=O)NC(=S)Nc1ccccc1OCC1CCCO1. The molecule has 1 unspecified atom stereocenters. The lowest BCUT2D eigenvalue weighted by Crippen LogP contribution is -2.34. The standard InChI is InChI=1S/C17H22N2O5S/c1-22-16(21)9-8-15(20)19-17(25)18-13-6-2-3-7-14(13)24-11-12-5-4-10-23-12/h2-3,6-7,12H,4-5,8-11H2,1H3,(H2,18,19,20,25). The molecule has 0 bridgehead atoms.